The highest BCUT2D eigenvalue weighted by molar-refractivity contribution is 6.10. The SMILES string of the molecule is C=C1c2ccccc2C(=O)N1[C@H](C)C(=O)N1C[C@@H](C)O[C@@H](C)C1. The molecule has 2 heterocycles. The normalized spacial score (nSPS) is 25.5. The second-order valence-corrected chi connectivity index (χ2v) is 6.34. The van der Waals surface area contributed by atoms with Crippen LogP contribution in [0.15, 0.2) is 30.8 Å². The first kappa shape index (κ1) is 15.7. The van der Waals surface area contributed by atoms with E-state index in [0.717, 1.165) is 5.56 Å². The quantitative estimate of drug-likeness (QED) is 0.840. The molecule has 0 unspecified atom stereocenters. The average molecular weight is 314 g/mol. The van der Waals surface area contributed by atoms with Crippen molar-refractivity contribution in [1.82, 2.24) is 9.80 Å². The van der Waals surface area contributed by atoms with Crippen molar-refractivity contribution in [2.75, 3.05) is 13.1 Å². The molecule has 1 fully saturated rings. The van der Waals surface area contributed by atoms with Crippen molar-refractivity contribution in [1.29, 1.82) is 0 Å². The van der Waals surface area contributed by atoms with Crippen molar-refractivity contribution in [3.63, 3.8) is 0 Å². The lowest BCUT2D eigenvalue weighted by Gasteiger charge is -2.38. The summed E-state index contributed by atoms with van der Waals surface area (Å²) >= 11 is 0. The fraction of sp³-hybridized carbons (Fsp3) is 0.444. The Hall–Kier alpha value is -2.14. The number of benzene rings is 1. The summed E-state index contributed by atoms with van der Waals surface area (Å²) in [5, 5.41) is 0. The van der Waals surface area contributed by atoms with E-state index >= 15 is 0 Å². The monoisotopic (exact) mass is 314 g/mol. The van der Waals surface area contributed by atoms with Crippen LogP contribution in [0.2, 0.25) is 0 Å². The number of fused-ring (bicyclic) bond motifs is 1. The molecule has 2 aliphatic rings. The second-order valence-electron chi connectivity index (χ2n) is 6.34. The molecule has 2 aliphatic heterocycles. The number of carbonyl (C=O) groups excluding carboxylic acids is 2. The molecule has 0 aliphatic carbocycles. The molecule has 3 atom stereocenters. The van der Waals surface area contributed by atoms with Gasteiger partial charge in [0.15, 0.2) is 0 Å². The average Bonchev–Trinajstić information content (AvgIpc) is 2.77. The van der Waals surface area contributed by atoms with Crippen molar-refractivity contribution in [2.45, 2.75) is 39.0 Å². The fourth-order valence-electron chi connectivity index (χ4n) is 3.45. The third-order valence-electron chi connectivity index (χ3n) is 4.45. The molecule has 0 spiro atoms. The first-order chi connectivity index (χ1) is 10.9. The maximum atomic E-state index is 12.9. The van der Waals surface area contributed by atoms with Gasteiger partial charge in [0.1, 0.15) is 6.04 Å². The van der Waals surface area contributed by atoms with Crippen LogP contribution in [0.5, 0.6) is 0 Å². The summed E-state index contributed by atoms with van der Waals surface area (Å²) in [7, 11) is 0. The highest BCUT2D eigenvalue weighted by atomic mass is 16.5. The van der Waals surface area contributed by atoms with Gasteiger partial charge < -0.3 is 9.64 Å². The van der Waals surface area contributed by atoms with Crippen molar-refractivity contribution in [3.8, 4) is 0 Å². The van der Waals surface area contributed by atoms with Gasteiger partial charge in [-0.25, -0.2) is 0 Å². The molecule has 5 nitrogen and oxygen atoms in total. The lowest BCUT2D eigenvalue weighted by molar-refractivity contribution is -0.146. The van der Waals surface area contributed by atoms with Gasteiger partial charge in [-0.3, -0.25) is 14.5 Å². The topological polar surface area (TPSA) is 49.9 Å². The minimum Gasteiger partial charge on any atom is -0.372 e. The predicted octanol–water partition coefficient (Wildman–Crippen LogP) is 2.14. The molecule has 122 valence electrons. The zero-order valence-electron chi connectivity index (χ0n) is 13.8. The fourth-order valence-corrected chi connectivity index (χ4v) is 3.45. The van der Waals surface area contributed by atoms with Gasteiger partial charge in [0.2, 0.25) is 5.91 Å². The predicted molar refractivity (Wildman–Crippen MR) is 87.7 cm³/mol. The molecule has 5 heteroatoms. The highest BCUT2D eigenvalue weighted by Gasteiger charge is 2.39. The Balaban J connectivity index is 1.81. The Kier molecular flexibility index (Phi) is 3.98. The van der Waals surface area contributed by atoms with Gasteiger partial charge in [0, 0.05) is 29.9 Å². The number of ether oxygens (including phenoxy) is 1. The Bertz CT molecular complexity index is 625. The van der Waals surface area contributed by atoms with Crippen molar-refractivity contribution in [3.05, 3.63) is 42.0 Å². The van der Waals surface area contributed by atoms with Gasteiger partial charge >= 0.3 is 0 Å². The van der Waals surface area contributed by atoms with Crippen LogP contribution in [0.1, 0.15) is 36.7 Å². The first-order valence-electron chi connectivity index (χ1n) is 7.96. The Morgan fingerprint density at radius 1 is 1.22 bits per heavy atom. The summed E-state index contributed by atoms with van der Waals surface area (Å²) in [5.41, 5.74) is 2.02. The van der Waals surface area contributed by atoms with Crippen LogP contribution in [0, 0.1) is 0 Å². The van der Waals surface area contributed by atoms with Crippen LogP contribution in [0.4, 0.5) is 0 Å². The largest absolute Gasteiger partial charge is 0.372 e. The summed E-state index contributed by atoms with van der Waals surface area (Å²) in [6.45, 7) is 10.8. The number of hydrogen-bond donors (Lipinski definition) is 0. The Morgan fingerprint density at radius 2 is 1.78 bits per heavy atom. The van der Waals surface area contributed by atoms with Gasteiger partial charge in [-0.15, -0.1) is 0 Å². The number of amides is 2. The van der Waals surface area contributed by atoms with Gasteiger partial charge in [-0.2, -0.15) is 0 Å². The zero-order chi connectivity index (χ0) is 16.7. The molecule has 0 saturated carbocycles. The van der Waals surface area contributed by atoms with E-state index in [1.807, 2.05) is 32.0 Å². The van der Waals surface area contributed by atoms with E-state index in [0.29, 0.717) is 24.4 Å². The highest BCUT2D eigenvalue weighted by Crippen LogP contribution is 2.33. The number of carbonyl (C=O) groups is 2. The molecule has 0 aromatic heterocycles. The lowest BCUT2D eigenvalue weighted by atomic mass is 10.1. The van der Waals surface area contributed by atoms with Crippen LogP contribution in [-0.2, 0) is 9.53 Å². The van der Waals surface area contributed by atoms with E-state index in [9.17, 15) is 9.59 Å². The lowest BCUT2D eigenvalue weighted by Crippen LogP contribution is -2.54. The molecule has 2 amide bonds. The van der Waals surface area contributed by atoms with Gasteiger partial charge in [0.25, 0.3) is 5.91 Å². The van der Waals surface area contributed by atoms with E-state index in [2.05, 4.69) is 6.58 Å². The van der Waals surface area contributed by atoms with Crippen LogP contribution in [-0.4, -0.2) is 53.0 Å². The summed E-state index contributed by atoms with van der Waals surface area (Å²) in [6, 6.07) is 6.77. The maximum Gasteiger partial charge on any atom is 0.259 e. The maximum absolute atomic E-state index is 12.9. The third-order valence-corrected chi connectivity index (χ3v) is 4.45. The first-order valence-corrected chi connectivity index (χ1v) is 7.96. The van der Waals surface area contributed by atoms with Crippen LogP contribution in [0.25, 0.3) is 5.70 Å². The Labute approximate surface area is 136 Å². The van der Waals surface area contributed by atoms with E-state index < -0.39 is 6.04 Å². The van der Waals surface area contributed by atoms with E-state index in [-0.39, 0.29) is 24.0 Å². The van der Waals surface area contributed by atoms with E-state index in [1.54, 1.807) is 17.9 Å². The summed E-state index contributed by atoms with van der Waals surface area (Å²) in [4.78, 5) is 28.8. The van der Waals surface area contributed by atoms with Gasteiger partial charge in [-0.1, -0.05) is 24.8 Å². The van der Waals surface area contributed by atoms with Crippen LogP contribution in [0.3, 0.4) is 0 Å². The van der Waals surface area contributed by atoms with E-state index in [4.69, 9.17) is 4.74 Å². The molecule has 0 bridgehead atoms. The molecular weight excluding hydrogens is 292 g/mol. The summed E-state index contributed by atoms with van der Waals surface area (Å²) < 4.78 is 5.67. The number of nitrogens with zero attached hydrogens (tertiary/aromatic N) is 2. The van der Waals surface area contributed by atoms with Crippen LogP contribution >= 0.6 is 0 Å². The number of rotatable bonds is 2. The second kappa shape index (κ2) is 5.81. The van der Waals surface area contributed by atoms with Crippen molar-refractivity contribution >= 4 is 17.5 Å². The molecule has 1 aromatic rings. The molecule has 23 heavy (non-hydrogen) atoms. The molecular formula is C18H22N2O3. The summed E-state index contributed by atoms with van der Waals surface area (Å²) in [5.74, 6) is -0.213. The molecule has 1 aromatic carbocycles. The summed E-state index contributed by atoms with van der Waals surface area (Å²) in [6.07, 6.45) is 0.00848. The smallest absolute Gasteiger partial charge is 0.259 e. The zero-order valence-corrected chi connectivity index (χ0v) is 13.8. The minimum absolute atomic E-state index is 0.00424. The third kappa shape index (κ3) is 2.65. The van der Waals surface area contributed by atoms with Crippen LogP contribution < -0.4 is 0 Å². The minimum atomic E-state index is -0.570. The molecule has 1 saturated heterocycles. The van der Waals surface area contributed by atoms with E-state index in [1.165, 1.54) is 4.90 Å². The number of hydrogen-bond acceptors (Lipinski definition) is 3. The van der Waals surface area contributed by atoms with Crippen molar-refractivity contribution < 1.29 is 14.3 Å². The molecule has 0 N–H and O–H groups in total. The van der Waals surface area contributed by atoms with Gasteiger partial charge in [0.05, 0.1) is 12.2 Å². The standard InChI is InChI=1S/C18H22N2O3/c1-11-9-19(10-12(2)23-11)17(21)14(4)20-13(3)15-7-5-6-8-16(15)18(20)22/h5-8,11-12,14H,3,9-10H2,1-2,4H3/t11-,12+,14-/m1/s1. The Morgan fingerprint density at radius 3 is 2.35 bits per heavy atom. The molecule has 0 radical (unpaired) electrons. The van der Waals surface area contributed by atoms with Gasteiger partial charge in [-0.05, 0) is 26.8 Å². The molecule has 3 rings (SSSR count). The number of morpholine rings is 1. The van der Waals surface area contributed by atoms with Crippen molar-refractivity contribution in [2.24, 2.45) is 0 Å².